The molecule has 0 aliphatic carbocycles. The van der Waals surface area contributed by atoms with Crippen molar-refractivity contribution in [1.29, 1.82) is 0 Å². The first kappa shape index (κ1) is 17.0. The molecule has 0 saturated heterocycles. The minimum absolute atomic E-state index is 0.212. The summed E-state index contributed by atoms with van der Waals surface area (Å²) < 4.78 is 78.5. The van der Waals surface area contributed by atoms with Crippen LogP contribution in [0.25, 0.3) is 0 Å². The number of hydrogen-bond donors (Lipinski definition) is 2. The standard InChI is InChI=1S/C10H8F6N2O3/c11-9(12,13)8-4(1-7(19)20)5(2-17)18-3-6(8)21-10(14,15)16/h3H,1-2,17H2,(H,19,20). The van der Waals surface area contributed by atoms with Crippen LogP contribution in [0, 0.1) is 0 Å². The Hall–Kier alpha value is -2.04. The Labute approximate surface area is 113 Å². The van der Waals surface area contributed by atoms with Gasteiger partial charge >= 0.3 is 18.5 Å². The normalized spacial score (nSPS) is 12.3. The van der Waals surface area contributed by atoms with Crippen molar-refractivity contribution in [1.82, 2.24) is 4.98 Å². The Morgan fingerprint density at radius 2 is 1.86 bits per heavy atom. The van der Waals surface area contributed by atoms with Crippen LogP contribution in [0.3, 0.4) is 0 Å². The van der Waals surface area contributed by atoms with Gasteiger partial charge < -0.3 is 15.6 Å². The number of ether oxygens (including phenoxy) is 1. The fraction of sp³-hybridized carbons (Fsp3) is 0.400. The average molecular weight is 318 g/mol. The molecule has 1 aromatic rings. The van der Waals surface area contributed by atoms with Gasteiger partial charge in [0, 0.05) is 12.1 Å². The molecule has 118 valence electrons. The van der Waals surface area contributed by atoms with Gasteiger partial charge in [0.2, 0.25) is 0 Å². The second-order valence-electron chi connectivity index (χ2n) is 3.74. The zero-order valence-corrected chi connectivity index (χ0v) is 10.0. The lowest BCUT2D eigenvalue weighted by molar-refractivity contribution is -0.276. The van der Waals surface area contributed by atoms with Crippen LogP contribution in [0.4, 0.5) is 26.3 Å². The zero-order chi connectivity index (χ0) is 16.4. The SMILES string of the molecule is NCc1ncc(OC(F)(F)F)c(C(F)(F)F)c1CC(=O)O. The quantitative estimate of drug-likeness (QED) is 0.830. The van der Waals surface area contributed by atoms with Gasteiger partial charge in [0.25, 0.3) is 0 Å². The molecule has 0 atom stereocenters. The Bertz CT molecular complexity index is 541. The maximum absolute atomic E-state index is 12.9. The third kappa shape index (κ3) is 4.48. The van der Waals surface area contributed by atoms with Gasteiger partial charge in [0.15, 0.2) is 5.75 Å². The minimum atomic E-state index is -5.38. The topological polar surface area (TPSA) is 85.4 Å². The smallest absolute Gasteiger partial charge is 0.481 e. The Morgan fingerprint density at radius 1 is 1.29 bits per heavy atom. The molecular weight excluding hydrogens is 310 g/mol. The van der Waals surface area contributed by atoms with Crippen molar-refractivity contribution in [2.45, 2.75) is 25.5 Å². The first-order valence-corrected chi connectivity index (χ1v) is 5.21. The number of carboxylic acid groups (broad SMARTS) is 1. The summed E-state index contributed by atoms with van der Waals surface area (Å²) in [5.41, 5.74) is 1.85. The number of aromatic nitrogens is 1. The fourth-order valence-corrected chi connectivity index (χ4v) is 1.60. The second-order valence-corrected chi connectivity index (χ2v) is 3.74. The highest BCUT2D eigenvalue weighted by molar-refractivity contribution is 5.72. The summed E-state index contributed by atoms with van der Waals surface area (Å²) in [6.45, 7) is -0.571. The van der Waals surface area contributed by atoms with Crippen LogP contribution in [0.15, 0.2) is 6.20 Å². The number of carboxylic acids is 1. The van der Waals surface area contributed by atoms with E-state index in [1.807, 2.05) is 0 Å². The zero-order valence-electron chi connectivity index (χ0n) is 10.0. The predicted molar refractivity (Wildman–Crippen MR) is 55.2 cm³/mol. The van der Waals surface area contributed by atoms with Gasteiger partial charge in [-0.05, 0) is 0 Å². The van der Waals surface area contributed by atoms with Gasteiger partial charge in [-0.2, -0.15) is 13.2 Å². The molecule has 1 rings (SSSR count). The summed E-state index contributed by atoms with van der Waals surface area (Å²) in [5, 5.41) is 8.60. The summed E-state index contributed by atoms with van der Waals surface area (Å²) >= 11 is 0. The van der Waals surface area contributed by atoms with Gasteiger partial charge in [-0.1, -0.05) is 0 Å². The minimum Gasteiger partial charge on any atom is -0.481 e. The van der Waals surface area contributed by atoms with Crippen molar-refractivity contribution in [3.63, 3.8) is 0 Å². The van der Waals surface area contributed by atoms with Crippen molar-refractivity contribution in [3.05, 3.63) is 23.0 Å². The van der Waals surface area contributed by atoms with Crippen LogP contribution in [0.1, 0.15) is 16.8 Å². The van der Waals surface area contributed by atoms with E-state index in [1.54, 1.807) is 0 Å². The molecule has 0 aliphatic rings. The second kappa shape index (κ2) is 5.76. The summed E-state index contributed by atoms with van der Waals surface area (Å²) in [6.07, 6.45) is -11.6. The lowest BCUT2D eigenvalue weighted by atomic mass is 10.0. The van der Waals surface area contributed by atoms with Gasteiger partial charge in [0.05, 0.1) is 18.3 Å². The molecule has 0 aromatic carbocycles. The van der Waals surface area contributed by atoms with Crippen molar-refractivity contribution in [2.24, 2.45) is 5.73 Å². The van der Waals surface area contributed by atoms with E-state index in [9.17, 15) is 31.1 Å². The molecule has 1 aromatic heterocycles. The van der Waals surface area contributed by atoms with E-state index in [2.05, 4.69) is 9.72 Å². The van der Waals surface area contributed by atoms with E-state index >= 15 is 0 Å². The molecule has 0 fully saturated rings. The molecule has 0 saturated carbocycles. The number of nitrogens with two attached hydrogens (primary N) is 1. The highest BCUT2D eigenvalue weighted by atomic mass is 19.4. The third-order valence-electron chi connectivity index (χ3n) is 2.26. The third-order valence-corrected chi connectivity index (χ3v) is 2.26. The first-order valence-electron chi connectivity index (χ1n) is 5.21. The first-order chi connectivity index (χ1) is 9.45. The van der Waals surface area contributed by atoms with E-state index in [0.717, 1.165) is 0 Å². The lowest BCUT2D eigenvalue weighted by Crippen LogP contribution is -2.23. The number of nitrogens with zero attached hydrogens (tertiary/aromatic N) is 1. The Balaban J connectivity index is 3.56. The van der Waals surface area contributed by atoms with Gasteiger partial charge in [-0.3, -0.25) is 9.78 Å². The van der Waals surface area contributed by atoms with Gasteiger partial charge in [-0.15, -0.1) is 13.2 Å². The van der Waals surface area contributed by atoms with Gasteiger partial charge in [-0.25, -0.2) is 0 Å². The molecule has 0 spiro atoms. The number of pyridine rings is 1. The van der Waals surface area contributed by atoms with E-state index in [-0.39, 0.29) is 6.20 Å². The molecule has 0 unspecified atom stereocenters. The predicted octanol–water partition coefficient (Wildman–Crippen LogP) is 2.08. The maximum Gasteiger partial charge on any atom is 0.573 e. The summed E-state index contributed by atoms with van der Waals surface area (Å²) in [6, 6.07) is 0. The molecule has 0 radical (unpaired) electrons. The highest BCUT2D eigenvalue weighted by Gasteiger charge is 2.42. The highest BCUT2D eigenvalue weighted by Crippen LogP contribution is 2.41. The van der Waals surface area contributed by atoms with Crippen molar-refractivity contribution in [3.8, 4) is 5.75 Å². The lowest BCUT2D eigenvalue weighted by Gasteiger charge is -2.19. The molecular formula is C10H8F6N2O3. The summed E-state index contributed by atoms with van der Waals surface area (Å²) in [7, 11) is 0. The number of carbonyl (C=O) groups is 1. The number of halogens is 6. The van der Waals surface area contributed by atoms with Crippen LogP contribution in [-0.2, 0) is 23.9 Å². The van der Waals surface area contributed by atoms with E-state index in [4.69, 9.17) is 10.8 Å². The average Bonchev–Trinajstić information content (AvgIpc) is 2.24. The van der Waals surface area contributed by atoms with Crippen LogP contribution >= 0.6 is 0 Å². The summed E-state index contributed by atoms with van der Waals surface area (Å²) in [4.78, 5) is 13.9. The fourth-order valence-electron chi connectivity index (χ4n) is 1.60. The number of rotatable bonds is 4. The van der Waals surface area contributed by atoms with Crippen molar-refractivity contribution >= 4 is 5.97 Å². The number of alkyl halides is 6. The van der Waals surface area contributed by atoms with Crippen molar-refractivity contribution < 1.29 is 41.0 Å². The monoisotopic (exact) mass is 318 g/mol. The molecule has 1 heterocycles. The van der Waals surface area contributed by atoms with E-state index in [1.165, 1.54) is 0 Å². The van der Waals surface area contributed by atoms with E-state index < -0.39 is 54.0 Å². The Kier molecular flexibility index (Phi) is 4.66. The molecule has 0 amide bonds. The van der Waals surface area contributed by atoms with Gasteiger partial charge in [0.1, 0.15) is 5.56 Å². The van der Waals surface area contributed by atoms with Crippen molar-refractivity contribution in [2.75, 3.05) is 0 Å². The summed E-state index contributed by atoms with van der Waals surface area (Å²) in [5.74, 6) is -3.30. The van der Waals surface area contributed by atoms with Crippen LogP contribution in [-0.4, -0.2) is 22.4 Å². The molecule has 5 nitrogen and oxygen atoms in total. The molecule has 0 aliphatic heterocycles. The number of hydrogen-bond acceptors (Lipinski definition) is 4. The molecule has 3 N–H and O–H groups in total. The van der Waals surface area contributed by atoms with Crippen LogP contribution in [0.2, 0.25) is 0 Å². The van der Waals surface area contributed by atoms with Crippen LogP contribution in [0.5, 0.6) is 5.75 Å². The largest absolute Gasteiger partial charge is 0.573 e. The molecule has 21 heavy (non-hydrogen) atoms. The number of aliphatic carboxylic acids is 1. The Morgan fingerprint density at radius 3 is 2.24 bits per heavy atom. The van der Waals surface area contributed by atoms with Crippen LogP contribution < -0.4 is 10.5 Å². The van der Waals surface area contributed by atoms with E-state index in [0.29, 0.717) is 0 Å². The molecule has 0 bridgehead atoms. The maximum atomic E-state index is 12.9. The molecule has 11 heteroatoms.